The summed E-state index contributed by atoms with van der Waals surface area (Å²) in [5.74, 6) is 0. The standard InChI is InChI=1S/C6H5FI/c7-8-6-4-2-1-3-5-6/h1-5H. The lowest BCUT2D eigenvalue weighted by Crippen LogP contribution is -1.64. The Morgan fingerprint density at radius 1 is 1.12 bits per heavy atom. The van der Waals surface area contributed by atoms with Crippen LogP contribution in [-0.2, 0) is 0 Å². The van der Waals surface area contributed by atoms with E-state index in [1.807, 2.05) is 30.3 Å². The highest BCUT2D eigenvalue weighted by molar-refractivity contribution is 14.2. The Bertz CT molecular complexity index is 150. The van der Waals surface area contributed by atoms with Crippen molar-refractivity contribution >= 4 is 21.8 Å². The van der Waals surface area contributed by atoms with E-state index in [-0.39, 0.29) is 0 Å². The fourth-order valence-corrected chi connectivity index (χ4v) is 1.15. The predicted octanol–water partition coefficient (Wildman–Crippen LogP) is 2.71. The molecule has 1 aromatic rings. The molecule has 0 spiro atoms. The molecule has 1 aromatic carbocycles. The highest BCUT2D eigenvalue weighted by Crippen LogP contribution is 2.20. The number of benzene rings is 1. The summed E-state index contributed by atoms with van der Waals surface area (Å²) in [7, 11) is 0. The van der Waals surface area contributed by atoms with Crippen LogP contribution in [0.1, 0.15) is 0 Å². The van der Waals surface area contributed by atoms with Crippen LogP contribution in [0, 0.1) is 3.57 Å². The Hall–Kier alpha value is -0.120. The van der Waals surface area contributed by atoms with Gasteiger partial charge in [-0.15, -0.1) is 0 Å². The first-order valence-corrected chi connectivity index (χ1v) is 4.14. The van der Waals surface area contributed by atoms with Crippen LogP contribution < -0.4 is 0 Å². The summed E-state index contributed by atoms with van der Waals surface area (Å²) in [6.07, 6.45) is 0. The van der Waals surface area contributed by atoms with E-state index in [2.05, 4.69) is 0 Å². The minimum absolute atomic E-state index is 0.853. The van der Waals surface area contributed by atoms with Gasteiger partial charge >= 0.3 is 0 Å². The molecule has 0 aromatic heterocycles. The fraction of sp³-hybridized carbons (Fsp3) is 0. The second-order valence-corrected chi connectivity index (χ2v) is 3.02. The van der Waals surface area contributed by atoms with E-state index in [0.717, 1.165) is 3.57 Å². The quantitative estimate of drug-likeness (QED) is 0.642. The molecule has 0 fully saturated rings. The van der Waals surface area contributed by atoms with Crippen molar-refractivity contribution in [1.29, 1.82) is 0 Å². The fourth-order valence-electron chi connectivity index (χ4n) is 0.462. The topological polar surface area (TPSA) is 0 Å². The first kappa shape index (κ1) is 6.01. The maximum absolute atomic E-state index is 11.8. The molecule has 2 heteroatoms. The van der Waals surface area contributed by atoms with Gasteiger partial charge in [0.15, 0.2) is 0 Å². The van der Waals surface area contributed by atoms with E-state index < -0.39 is 21.8 Å². The molecule has 0 saturated heterocycles. The third-order valence-corrected chi connectivity index (χ3v) is 2.01. The highest BCUT2D eigenvalue weighted by atomic mass is 127. The van der Waals surface area contributed by atoms with Crippen molar-refractivity contribution < 1.29 is 2.86 Å². The van der Waals surface area contributed by atoms with Crippen LogP contribution in [0.25, 0.3) is 0 Å². The summed E-state index contributed by atoms with van der Waals surface area (Å²) >= 11 is -1.19. The summed E-state index contributed by atoms with van der Waals surface area (Å²) in [4.78, 5) is 0. The summed E-state index contributed by atoms with van der Waals surface area (Å²) in [6, 6.07) is 9.23. The van der Waals surface area contributed by atoms with Crippen molar-refractivity contribution in [3.8, 4) is 0 Å². The second-order valence-electron chi connectivity index (χ2n) is 1.37. The van der Waals surface area contributed by atoms with Gasteiger partial charge in [-0.05, 0) is 12.1 Å². The Kier molecular flexibility index (Phi) is 2.27. The van der Waals surface area contributed by atoms with Crippen LogP contribution in [0.5, 0.6) is 0 Å². The third kappa shape index (κ3) is 1.43. The molecule has 1 rings (SSSR count). The van der Waals surface area contributed by atoms with Crippen LogP contribution >= 0.6 is 21.8 Å². The third-order valence-electron chi connectivity index (χ3n) is 0.816. The van der Waals surface area contributed by atoms with Crippen molar-refractivity contribution in [2.45, 2.75) is 0 Å². The lowest BCUT2D eigenvalue weighted by Gasteiger charge is -1.85. The SMILES string of the molecule is F[I]c1ccccc1. The summed E-state index contributed by atoms with van der Waals surface area (Å²) in [5.41, 5.74) is 0. The van der Waals surface area contributed by atoms with Gasteiger partial charge in [0, 0.05) is 3.57 Å². The van der Waals surface area contributed by atoms with E-state index in [0.29, 0.717) is 0 Å². The molecule has 0 N–H and O–H groups in total. The van der Waals surface area contributed by atoms with E-state index in [4.69, 9.17) is 0 Å². The smallest absolute Gasteiger partial charge is 0.108 e. The maximum Gasteiger partial charge on any atom is 0.108 e. The lowest BCUT2D eigenvalue weighted by molar-refractivity contribution is 1.03. The zero-order valence-electron chi connectivity index (χ0n) is 4.14. The van der Waals surface area contributed by atoms with Crippen molar-refractivity contribution in [3.05, 3.63) is 33.9 Å². The molecule has 8 heavy (non-hydrogen) atoms. The van der Waals surface area contributed by atoms with Crippen molar-refractivity contribution in [1.82, 2.24) is 0 Å². The molecule has 43 valence electrons. The van der Waals surface area contributed by atoms with Crippen LogP contribution in [0.2, 0.25) is 0 Å². The second kappa shape index (κ2) is 3.02. The monoisotopic (exact) mass is 223 g/mol. The van der Waals surface area contributed by atoms with E-state index in [9.17, 15) is 2.86 Å². The zero-order valence-corrected chi connectivity index (χ0v) is 6.30. The molecule has 0 amide bonds. The van der Waals surface area contributed by atoms with Crippen molar-refractivity contribution in [2.24, 2.45) is 0 Å². The number of rotatable bonds is 1. The van der Waals surface area contributed by atoms with Crippen molar-refractivity contribution in [2.75, 3.05) is 0 Å². The van der Waals surface area contributed by atoms with Gasteiger partial charge in [0.2, 0.25) is 0 Å². The van der Waals surface area contributed by atoms with Crippen LogP contribution in [0.4, 0.5) is 2.86 Å². The Morgan fingerprint density at radius 2 is 1.75 bits per heavy atom. The molecule has 1 radical (unpaired) electrons. The summed E-state index contributed by atoms with van der Waals surface area (Å²) in [6.45, 7) is 0. The van der Waals surface area contributed by atoms with Gasteiger partial charge in [-0.1, -0.05) is 18.2 Å². The molecular formula is C6H5FI. The Balaban J connectivity index is 2.83. The molecule has 0 saturated carbocycles. The van der Waals surface area contributed by atoms with Gasteiger partial charge < -0.3 is 0 Å². The highest BCUT2D eigenvalue weighted by Gasteiger charge is 1.85. The molecule has 0 aliphatic carbocycles. The first-order chi connectivity index (χ1) is 3.93. The van der Waals surface area contributed by atoms with Crippen LogP contribution in [0.15, 0.2) is 30.3 Å². The molecule has 0 nitrogen and oxygen atoms in total. The molecule has 0 unspecified atom stereocenters. The number of hydrogen-bond donors (Lipinski definition) is 0. The molecule has 0 aliphatic rings. The number of hydrogen-bond acceptors (Lipinski definition) is 0. The van der Waals surface area contributed by atoms with Gasteiger partial charge in [0.05, 0.1) is 0 Å². The molecule has 0 atom stereocenters. The molecule has 0 heterocycles. The van der Waals surface area contributed by atoms with E-state index in [1.165, 1.54) is 0 Å². The Labute approximate surface area is 58.8 Å². The van der Waals surface area contributed by atoms with Gasteiger partial charge in [-0.25, -0.2) is 0 Å². The average Bonchev–Trinajstić information content (AvgIpc) is 1.90. The maximum atomic E-state index is 11.8. The number of halogens is 2. The Morgan fingerprint density at radius 3 is 2.12 bits per heavy atom. The average molecular weight is 223 g/mol. The van der Waals surface area contributed by atoms with Crippen LogP contribution in [-0.4, -0.2) is 0 Å². The first-order valence-electron chi connectivity index (χ1n) is 2.24. The zero-order chi connectivity index (χ0) is 5.82. The van der Waals surface area contributed by atoms with Gasteiger partial charge in [0.1, 0.15) is 21.8 Å². The van der Waals surface area contributed by atoms with E-state index in [1.54, 1.807) is 0 Å². The summed E-state index contributed by atoms with van der Waals surface area (Å²) < 4.78 is 12.7. The predicted molar refractivity (Wildman–Crippen MR) is 40.3 cm³/mol. The van der Waals surface area contributed by atoms with Crippen molar-refractivity contribution in [3.63, 3.8) is 0 Å². The van der Waals surface area contributed by atoms with Gasteiger partial charge in [-0.2, -0.15) is 2.86 Å². The van der Waals surface area contributed by atoms with Gasteiger partial charge in [0.25, 0.3) is 0 Å². The molecular weight excluding hydrogens is 218 g/mol. The van der Waals surface area contributed by atoms with Crippen LogP contribution in [0.3, 0.4) is 0 Å². The molecule has 0 bridgehead atoms. The normalized spacial score (nSPS) is 9.12. The molecule has 0 aliphatic heterocycles. The minimum Gasteiger partial charge on any atom is -0.179 e. The van der Waals surface area contributed by atoms with E-state index >= 15 is 0 Å². The van der Waals surface area contributed by atoms with Gasteiger partial charge in [-0.3, -0.25) is 0 Å². The lowest BCUT2D eigenvalue weighted by atomic mass is 10.4. The summed E-state index contributed by atoms with van der Waals surface area (Å²) in [5, 5.41) is 0. The minimum atomic E-state index is -1.19. The largest absolute Gasteiger partial charge is 0.179 e.